The third-order valence-corrected chi connectivity index (χ3v) is 3.11. The minimum Gasteiger partial charge on any atom is -0.0811 e. The second-order valence-corrected chi connectivity index (χ2v) is 4.23. The van der Waals surface area contributed by atoms with Gasteiger partial charge in [0.2, 0.25) is 0 Å². The van der Waals surface area contributed by atoms with E-state index >= 15 is 0 Å². The van der Waals surface area contributed by atoms with Crippen LogP contribution in [0.4, 0.5) is 0 Å². The lowest BCUT2D eigenvalue weighted by molar-refractivity contribution is 0.580. The maximum atomic E-state index is 5.44. The highest BCUT2D eigenvalue weighted by Crippen LogP contribution is 2.44. The van der Waals surface area contributed by atoms with Crippen LogP contribution < -0.4 is 0 Å². The van der Waals surface area contributed by atoms with E-state index in [4.69, 9.17) is 6.58 Å². The third kappa shape index (κ3) is 2.08. The highest BCUT2D eigenvalue weighted by molar-refractivity contribution is 4.96. The Bertz CT molecular complexity index is 144. The predicted molar refractivity (Wildman–Crippen MR) is 47.0 cm³/mol. The fraction of sp³-hybridized carbons (Fsp3) is 0.818. The Hall–Kier alpha value is -0.260. The molecule has 0 aromatic rings. The Kier molecular flexibility index (Phi) is 2.02. The van der Waals surface area contributed by atoms with Gasteiger partial charge in [-0.25, -0.2) is 0 Å². The van der Waals surface area contributed by atoms with Crippen molar-refractivity contribution in [3.8, 4) is 0 Å². The molecule has 0 bridgehead atoms. The van der Waals surface area contributed by atoms with E-state index in [1.807, 2.05) is 6.08 Å². The lowest BCUT2D eigenvalue weighted by Crippen LogP contribution is -1.82. The van der Waals surface area contributed by atoms with Crippen molar-refractivity contribution in [1.29, 1.82) is 0 Å². The van der Waals surface area contributed by atoms with Gasteiger partial charge < -0.3 is 0 Å². The molecule has 0 N–H and O–H groups in total. The second-order valence-electron chi connectivity index (χ2n) is 4.23. The summed E-state index contributed by atoms with van der Waals surface area (Å²) in [5.41, 5.74) is 0. The van der Waals surface area contributed by atoms with E-state index in [1.54, 1.807) is 0 Å². The standard InChI is InChI=1S/C11H17/c1-2-10-8-11(10)5-3-4-9-6-7-9/h1-2,9-11H,3-8H2. The minimum atomic E-state index is 0.786. The average Bonchev–Trinajstić information content (AvgIpc) is 2.79. The molecule has 11 heavy (non-hydrogen) atoms. The van der Waals surface area contributed by atoms with Gasteiger partial charge in [0.25, 0.3) is 0 Å². The van der Waals surface area contributed by atoms with Crippen LogP contribution in [0.1, 0.15) is 38.5 Å². The first-order valence-electron chi connectivity index (χ1n) is 4.95. The number of rotatable bonds is 5. The summed E-state index contributed by atoms with van der Waals surface area (Å²) in [6, 6.07) is 0. The molecule has 0 saturated heterocycles. The summed E-state index contributed by atoms with van der Waals surface area (Å²) in [7, 11) is 0. The molecular formula is C11H17. The van der Waals surface area contributed by atoms with Crippen LogP contribution in [0.25, 0.3) is 0 Å². The van der Waals surface area contributed by atoms with Gasteiger partial charge in [-0.2, -0.15) is 0 Å². The van der Waals surface area contributed by atoms with Crippen LogP contribution in [0.5, 0.6) is 0 Å². The van der Waals surface area contributed by atoms with Gasteiger partial charge in [0.05, 0.1) is 0 Å². The summed E-state index contributed by atoms with van der Waals surface area (Å²) in [5, 5.41) is 0. The van der Waals surface area contributed by atoms with Crippen molar-refractivity contribution in [2.45, 2.75) is 38.5 Å². The lowest BCUT2D eigenvalue weighted by Gasteiger charge is -1.96. The molecular weight excluding hydrogens is 132 g/mol. The number of hydrogen-bond donors (Lipinski definition) is 0. The van der Waals surface area contributed by atoms with E-state index < -0.39 is 0 Å². The lowest BCUT2D eigenvalue weighted by atomic mass is 10.1. The molecule has 2 aliphatic rings. The van der Waals surface area contributed by atoms with Crippen molar-refractivity contribution >= 4 is 0 Å². The van der Waals surface area contributed by atoms with Crippen molar-refractivity contribution in [1.82, 2.24) is 0 Å². The van der Waals surface area contributed by atoms with Crippen LogP contribution in [0.2, 0.25) is 0 Å². The Morgan fingerprint density at radius 2 is 2.09 bits per heavy atom. The topological polar surface area (TPSA) is 0 Å². The van der Waals surface area contributed by atoms with E-state index in [0.29, 0.717) is 0 Å². The van der Waals surface area contributed by atoms with Crippen molar-refractivity contribution in [3.05, 3.63) is 12.7 Å². The van der Waals surface area contributed by atoms with Gasteiger partial charge in [0.15, 0.2) is 0 Å². The zero-order chi connectivity index (χ0) is 7.68. The first-order valence-corrected chi connectivity index (χ1v) is 4.95. The van der Waals surface area contributed by atoms with Crippen LogP contribution >= 0.6 is 0 Å². The van der Waals surface area contributed by atoms with Gasteiger partial charge in [-0.05, 0) is 30.6 Å². The monoisotopic (exact) mass is 149 g/mol. The Morgan fingerprint density at radius 3 is 2.64 bits per heavy atom. The number of allylic oxidation sites excluding steroid dienone is 1. The molecule has 2 unspecified atom stereocenters. The molecule has 0 aromatic carbocycles. The summed E-state index contributed by atoms with van der Waals surface area (Å²) in [6.07, 6.45) is 10.7. The molecule has 1 radical (unpaired) electrons. The fourth-order valence-corrected chi connectivity index (χ4v) is 1.91. The van der Waals surface area contributed by atoms with Gasteiger partial charge in [0.1, 0.15) is 0 Å². The summed E-state index contributed by atoms with van der Waals surface area (Å²) in [5.74, 6) is 2.88. The maximum absolute atomic E-state index is 5.44. The van der Waals surface area contributed by atoms with Crippen LogP contribution in [0, 0.1) is 24.3 Å². The molecule has 0 heterocycles. The summed E-state index contributed by atoms with van der Waals surface area (Å²) >= 11 is 0. The van der Waals surface area contributed by atoms with E-state index in [1.165, 1.54) is 38.5 Å². The quantitative estimate of drug-likeness (QED) is 0.563. The van der Waals surface area contributed by atoms with Crippen molar-refractivity contribution in [2.24, 2.45) is 17.8 Å². The van der Waals surface area contributed by atoms with Gasteiger partial charge in [0, 0.05) is 0 Å². The molecule has 0 aliphatic heterocycles. The normalized spacial score (nSPS) is 35.3. The molecule has 2 fully saturated rings. The number of hydrogen-bond acceptors (Lipinski definition) is 0. The van der Waals surface area contributed by atoms with Crippen LogP contribution in [-0.2, 0) is 0 Å². The predicted octanol–water partition coefficient (Wildman–Crippen LogP) is 3.19. The Morgan fingerprint density at radius 1 is 1.27 bits per heavy atom. The highest BCUT2D eigenvalue weighted by Gasteiger charge is 2.33. The van der Waals surface area contributed by atoms with E-state index in [2.05, 4.69) is 0 Å². The van der Waals surface area contributed by atoms with E-state index in [-0.39, 0.29) is 0 Å². The van der Waals surface area contributed by atoms with Crippen molar-refractivity contribution in [2.75, 3.05) is 0 Å². The van der Waals surface area contributed by atoms with Crippen LogP contribution in [-0.4, -0.2) is 0 Å². The summed E-state index contributed by atoms with van der Waals surface area (Å²) in [4.78, 5) is 0. The van der Waals surface area contributed by atoms with Gasteiger partial charge >= 0.3 is 0 Å². The van der Waals surface area contributed by atoms with Gasteiger partial charge in [-0.3, -0.25) is 0 Å². The van der Waals surface area contributed by atoms with E-state index in [9.17, 15) is 0 Å². The molecule has 2 aliphatic carbocycles. The highest BCUT2D eigenvalue weighted by atomic mass is 14.4. The Balaban J connectivity index is 1.50. The fourth-order valence-electron chi connectivity index (χ4n) is 1.91. The molecule has 0 aromatic heterocycles. The zero-order valence-corrected chi connectivity index (χ0v) is 7.13. The Labute approximate surface area is 69.7 Å². The smallest absolute Gasteiger partial charge is 0.0199 e. The molecule has 0 spiro atoms. The second kappa shape index (κ2) is 3.00. The SMILES string of the molecule is [CH]=CC1CC1CCCC1CC1. The van der Waals surface area contributed by atoms with Crippen molar-refractivity contribution in [3.63, 3.8) is 0 Å². The van der Waals surface area contributed by atoms with Crippen LogP contribution in [0.3, 0.4) is 0 Å². The summed E-state index contributed by atoms with van der Waals surface area (Å²) < 4.78 is 0. The molecule has 2 rings (SSSR count). The zero-order valence-electron chi connectivity index (χ0n) is 7.13. The van der Waals surface area contributed by atoms with Crippen molar-refractivity contribution < 1.29 is 0 Å². The minimum absolute atomic E-state index is 0.786. The first kappa shape index (κ1) is 7.39. The summed E-state index contributed by atoms with van der Waals surface area (Å²) in [6.45, 7) is 5.44. The largest absolute Gasteiger partial charge is 0.0811 e. The molecule has 2 saturated carbocycles. The molecule has 61 valence electrons. The molecule has 0 nitrogen and oxygen atoms in total. The van der Waals surface area contributed by atoms with Crippen LogP contribution in [0.15, 0.2) is 6.08 Å². The average molecular weight is 149 g/mol. The third-order valence-electron chi connectivity index (χ3n) is 3.11. The first-order chi connectivity index (χ1) is 5.40. The van der Waals surface area contributed by atoms with Gasteiger partial charge in [-0.1, -0.05) is 38.3 Å². The molecule has 0 heteroatoms. The molecule has 0 amide bonds. The molecule has 2 atom stereocenters. The van der Waals surface area contributed by atoms with E-state index in [0.717, 1.165) is 17.8 Å². The van der Waals surface area contributed by atoms with Gasteiger partial charge in [-0.15, -0.1) is 0 Å². The maximum Gasteiger partial charge on any atom is -0.0199 e.